The van der Waals surface area contributed by atoms with Crippen LogP contribution in [0.3, 0.4) is 0 Å². The standard InChI is InChI=1S/C23H21NO3/c1-16(2)27-23(26)20-12-14-21(15-13-20)24-22(25)19-10-8-18(9-11-19)17-6-4-3-5-7-17/h3-16H,1-2H3,(H,24,25). The van der Waals surface area contributed by atoms with Crippen LogP contribution in [0, 0.1) is 0 Å². The summed E-state index contributed by atoms with van der Waals surface area (Å²) in [7, 11) is 0. The second-order valence-electron chi connectivity index (χ2n) is 6.43. The van der Waals surface area contributed by atoms with Crippen molar-refractivity contribution >= 4 is 17.6 Å². The number of hydrogen-bond acceptors (Lipinski definition) is 3. The van der Waals surface area contributed by atoms with Crippen molar-refractivity contribution in [3.63, 3.8) is 0 Å². The largest absolute Gasteiger partial charge is 0.459 e. The number of carbonyl (C=O) groups excluding carboxylic acids is 2. The first kappa shape index (κ1) is 18.4. The summed E-state index contributed by atoms with van der Waals surface area (Å²) >= 11 is 0. The lowest BCUT2D eigenvalue weighted by molar-refractivity contribution is 0.0378. The molecule has 4 heteroatoms. The molecule has 0 fully saturated rings. The van der Waals surface area contributed by atoms with Gasteiger partial charge in [-0.15, -0.1) is 0 Å². The molecule has 0 aliphatic carbocycles. The zero-order chi connectivity index (χ0) is 19.2. The molecule has 3 aromatic rings. The van der Waals surface area contributed by atoms with Crippen LogP contribution in [0.2, 0.25) is 0 Å². The Morgan fingerprint density at radius 1 is 0.741 bits per heavy atom. The van der Waals surface area contributed by atoms with Crippen LogP contribution in [0.25, 0.3) is 11.1 Å². The van der Waals surface area contributed by atoms with Crippen LogP contribution in [0.15, 0.2) is 78.9 Å². The first-order chi connectivity index (χ1) is 13.0. The van der Waals surface area contributed by atoms with E-state index >= 15 is 0 Å². The molecule has 0 bridgehead atoms. The minimum Gasteiger partial charge on any atom is -0.459 e. The lowest BCUT2D eigenvalue weighted by Gasteiger charge is -2.09. The Labute approximate surface area is 158 Å². The van der Waals surface area contributed by atoms with Crippen LogP contribution >= 0.6 is 0 Å². The number of ether oxygens (including phenoxy) is 1. The number of nitrogens with one attached hydrogen (secondary N) is 1. The fourth-order valence-electron chi connectivity index (χ4n) is 2.62. The number of esters is 1. The Balaban J connectivity index is 1.66. The summed E-state index contributed by atoms with van der Waals surface area (Å²) in [5.74, 6) is -0.577. The molecule has 0 aliphatic heterocycles. The predicted octanol–water partition coefficient (Wildman–Crippen LogP) is 5.17. The lowest BCUT2D eigenvalue weighted by atomic mass is 10.0. The summed E-state index contributed by atoms with van der Waals surface area (Å²) < 4.78 is 5.15. The molecule has 0 spiro atoms. The van der Waals surface area contributed by atoms with E-state index < -0.39 is 0 Å². The average molecular weight is 359 g/mol. The van der Waals surface area contributed by atoms with E-state index in [0.29, 0.717) is 16.8 Å². The highest BCUT2D eigenvalue weighted by Crippen LogP contribution is 2.20. The quantitative estimate of drug-likeness (QED) is 0.639. The number of rotatable bonds is 5. The molecule has 0 unspecified atom stereocenters. The molecular weight excluding hydrogens is 338 g/mol. The third kappa shape index (κ3) is 4.82. The molecule has 0 aromatic heterocycles. The maximum atomic E-state index is 12.4. The highest BCUT2D eigenvalue weighted by molar-refractivity contribution is 6.04. The van der Waals surface area contributed by atoms with Crippen LogP contribution in [-0.2, 0) is 4.74 Å². The monoisotopic (exact) mass is 359 g/mol. The second kappa shape index (κ2) is 8.32. The number of benzene rings is 3. The van der Waals surface area contributed by atoms with E-state index in [0.717, 1.165) is 11.1 Å². The molecule has 3 aromatic carbocycles. The summed E-state index contributed by atoms with van der Waals surface area (Å²) in [5, 5.41) is 2.83. The summed E-state index contributed by atoms with van der Waals surface area (Å²) in [4.78, 5) is 24.3. The molecule has 0 saturated carbocycles. The fraction of sp³-hybridized carbons (Fsp3) is 0.130. The van der Waals surface area contributed by atoms with Gasteiger partial charge in [0, 0.05) is 11.3 Å². The van der Waals surface area contributed by atoms with E-state index in [-0.39, 0.29) is 18.0 Å². The van der Waals surface area contributed by atoms with Crippen molar-refractivity contribution in [3.05, 3.63) is 90.0 Å². The van der Waals surface area contributed by atoms with E-state index in [2.05, 4.69) is 5.32 Å². The maximum Gasteiger partial charge on any atom is 0.338 e. The van der Waals surface area contributed by atoms with Gasteiger partial charge in [0.05, 0.1) is 11.7 Å². The zero-order valence-electron chi connectivity index (χ0n) is 15.3. The zero-order valence-corrected chi connectivity index (χ0v) is 15.3. The Bertz CT molecular complexity index is 914. The van der Waals surface area contributed by atoms with Crippen LogP contribution in [0.1, 0.15) is 34.6 Å². The Hall–Kier alpha value is -3.40. The SMILES string of the molecule is CC(C)OC(=O)c1ccc(NC(=O)c2ccc(-c3ccccc3)cc2)cc1. The van der Waals surface area contributed by atoms with E-state index in [1.54, 1.807) is 50.2 Å². The molecule has 4 nitrogen and oxygen atoms in total. The van der Waals surface area contributed by atoms with Crippen molar-refractivity contribution in [1.29, 1.82) is 0 Å². The van der Waals surface area contributed by atoms with Gasteiger partial charge in [0.25, 0.3) is 5.91 Å². The van der Waals surface area contributed by atoms with Gasteiger partial charge in [-0.3, -0.25) is 4.79 Å². The highest BCUT2D eigenvalue weighted by atomic mass is 16.5. The Kier molecular flexibility index (Phi) is 5.67. The number of carbonyl (C=O) groups is 2. The fourth-order valence-corrected chi connectivity index (χ4v) is 2.62. The minimum atomic E-state index is -0.376. The van der Waals surface area contributed by atoms with Gasteiger partial charge in [-0.25, -0.2) is 4.79 Å². The summed E-state index contributed by atoms with van der Waals surface area (Å²) in [6.45, 7) is 3.60. The van der Waals surface area contributed by atoms with Gasteiger partial charge in [0.2, 0.25) is 0 Å². The third-order valence-electron chi connectivity index (χ3n) is 3.98. The van der Waals surface area contributed by atoms with Crippen LogP contribution in [0.5, 0.6) is 0 Å². The van der Waals surface area contributed by atoms with Gasteiger partial charge < -0.3 is 10.1 Å². The molecule has 136 valence electrons. The van der Waals surface area contributed by atoms with E-state index in [1.807, 2.05) is 42.5 Å². The van der Waals surface area contributed by atoms with Crippen molar-refractivity contribution in [2.24, 2.45) is 0 Å². The van der Waals surface area contributed by atoms with Crippen LogP contribution < -0.4 is 5.32 Å². The molecule has 0 atom stereocenters. The molecule has 0 heterocycles. The van der Waals surface area contributed by atoms with Crippen molar-refractivity contribution in [1.82, 2.24) is 0 Å². The smallest absolute Gasteiger partial charge is 0.338 e. The summed E-state index contributed by atoms with van der Waals surface area (Å²) in [6, 6.07) is 24.1. The highest BCUT2D eigenvalue weighted by Gasteiger charge is 2.10. The van der Waals surface area contributed by atoms with Gasteiger partial charge in [0.1, 0.15) is 0 Å². The molecule has 0 aliphatic rings. The molecular formula is C23H21NO3. The van der Waals surface area contributed by atoms with Crippen molar-refractivity contribution < 1.29 is 14.3 Å². The average Bonchev–Trinajstić information content (AvgIpc) is 2.69. The molecule has 0 radical (unpaired) electrons. The van der Waals surface area contributed by atoms with E-state index in [9.17, 15) is 9.59 Å². The van der Waals surface area contributed by atoms with Crippen molar-refractivity contribution in [2.75, 3.05) is 5.32 Å². The maximum absolute atomic E-state index is 12.4. The lowest BCUT2D eigenvalue weighted by Crippen LogP contribution is -2.13. The number of amides is 1. The first-order valence-electron chi connectivity index (χ1n) is 8.81. The molecule has 3 rings (SSSR count). The molecule has 0 saturated heterocycles. The number of anilines is 1. The second-order valence-corrected chi connectivity index (χ2v) is 6.43. The normalized spacial score (nSPS) is 10.5. The van der Waals surface area contributed by atoms with Crippen LogP contribution in [-0.4, -0.2) is 18.0 Å². The van der Waals surface area contributed by atoms with Gasteiger partial charge in [-0.05, 0) is 61.4 Å². The Morgan fingerprint density at radius 3 is 1.89 bits per heavy atom. The van der Waals surface area contributed by atoms with Crippen molar-refractivity contribution in [3.8, 4) is 11.1 Å². The number of hydrogen-bond donors (Lipinski definition) is 1. The summed E-state index contributed by atoms with van der Waals surface area (Å²) in [6.07, 6.45) is -0.171. The minimum absolute atomic E-state index is 0.171. The van der Waals surface area contributed by atoms with Gasteiger partial charge in [-0.1, -0.05) is 42.5 Å². The van der Waals surface area contributed by atoms with Gasteiger partial charge in [0.15, 0.2) is 0 Å². The predicted molar refractivity (Wildman–Crippen MR) is 107 cm³/mol. The van der Waals surface area contributed by atoms with Crippen molar-refractivity contribution in [2.45, 2.75) is 20.0 Å². The van der Waals surface area contributed by atoms with E-state index in [4.69, 9.17) is 4.74 Å². The molecule has 1 amide bonds. The van der Waals surface area contributed by atoms with Gasteiger partial charge >= 0.3 is 5.97 Å². The topological polar surface area (TPSA) is 55.4 Å². The third-order valence-corrected chi connectivity index (χ3v) is 3.98. The molecule has 1 N–H and O–H groups in total. The van der Waals surface area contributed by atoms with E-state index in [1.165, 1.54) is 0 Å². The Morgan fingerprint density at radius 2 is 1.30 bits per heavy atom. The molecule has 27 heavy (non-hydrogen) atoms. The van der Waals surface area contributed by atoms with Crippen LogP contribution in [0.4, 0.5) is 5.69 Å². The summed E-state index contributed by atoms with van der Waals surface area (Å²) in [5.41, 5.74) is 3.80. The van der Waals surface area contributed by atoms with Gasteiger partial charge in [-0.2, -0.15) is 0 Å². The first-order valence-corrected chi connectivity index (χ1v) is 8.81.